The van der Waals surface area contributed by atoms with E-state index < -0.39 is 0 Å². The highest BCUT2D eigenvalue weighted by Gasteiger charge is 2.18. The van der Waals surface area contributed by atoms with Crippen LogP contribution < -0.4 is 0 Å². The first-order chi connectivity index (χ1) is 31.6. The van der Waals surface area contributed by atoms with Gasteiger partial charge in [-0.05, 0) is 141 Å². The molecular weight excluding hydrogens is 773 g/mol. The first kappa shape index (κ1) is 37.6. The highest BCUT2D eigenvalue weighted by atomic mass is 15.0. The van der Waals surface area contributed by atoms with Crippen LogP contribution in [0.25, 0.3) is 111 Å². The average Bonchev–Trinajstić information content (AvgIpc) is 3.87. The number of hydrogen-bond acceptors (Lipinski definition) is 0. The van der Waals surface area contributed by atoms with Crippen molar-refractivity contribution < 1.29 is 0 Å². The Bertz CT molecular complexity index is 3480. The number of hydrogen-bond donors (Lipinski definition) is 0. The van der Waals surface area contributed by atoms with Gasteiger partial charge in [0, 0.05) is 32.9 Å². The van der Waals surface area contributed by atoms with Crippen molar-refractivity contribution in [1.29, 1.82) is 0 Å². The minimum Gasteiger partial charge on any atom is -0.309 e. The molecule has 2 heteroatoms. The summed E-state index contributed by atoms with van der Waals surface area (Å²) in [5, 5.41) is 5.04. The molecule has 12 rings (SSSR count). The SMILES string of the molecule is Cc1ccccc1-c1ccc2c(c1)c1ccccc1n2-c1ccc(-c2ccccc2-c2ccccc2-c2ccc(-n3c4ccccc4c4cc(-c5ccccc5C)ccc43)cc2)cc1. The molecule has 2 heterocycles. The van der Waals surface area contributed by atoms with E-state index in [4.69, 9.17) is 0 Å². The second-order valence-corrected chi connectivity index (χ2v) is 17.0. The van der Waals surface area contributed by atoms with Gasteiger partial charge in [0.05, 0.1) is 22.1 Å². The van der Waals surface area contributed by atoms with Crippen LogP contribution in [-0.4, -0.2) is 9.13 Å². The summed E-state index contributed by atoms with van der Waals surface area (Å²) in [5.41, 5.74) is 21.9. The summed E-state index contributed by atoms with van der Waals surface area (Å²) < 4.78 is 4.81. The molecule has 0 aliphatic rings. The third-order valence-electron chi connectivity index (χ3n) is 13.3. The Balaban J connectivity index is 0.900. The van der Waals surface area contributed by atoms with E-state index in [2.05, 4.69) is 254 Å². The molecule has 2 nitrogen and oxygen atoms in total. The Morgan fingerprint density at radius 1 is 0.234 bits per heavy atom. The van der Waals surface area contributed by atoms with Crippen molar-refractivity contribution in [3.05, 3.63) is 242 Å². The number of fused-ring (bicyclic) bond motifs is 6. The molecule has 0 saturated carbocycles. The molecule has 0 unspecified atom stereocenters. The van der Waals surface area contributed by atoms with Crippen molar-refractivity contribution >= 4 is 43.6 Å². The fourth-order valence-electron chi connectivity index (χ4n) is 10.2. The van der Waals surface area contributed by atoms with Gasteiger partial charge in [-0.3, -0.25) is 0 Å². The van der Waals surface area contributed by atoms with E-state index >= 15 is 0 Å². The van der Waals surface area contributed by atoms with Crippen molar-refractivity contribution in [2.75, 3.05) is 0 Å². The van der Waals surface area contributed by atoms with Gasteiger partial charge in [0.1, 0.15) is 0 Å². The summed E-state index contributed by atoms with van der Waals surface area (Å²) in [6.45, 7) is 4.38. The Labute approximate surface area is 373 Å². The van der Waals surface area contributed by atoms with E-state index in [0.29, 0.717) is 0 Å². The van der Waals surface area contributed by atoms with E-state index in [9.17, 15) is 0 Å². The van der Waals surface area contributed by atoms with Crippen LogP contribution >= 0.6 is 0 Å². The van der Waals surface area contributed by atoms with Gasteiger partial charge in [0.15, 0.2) is 0 Å². The van der Waals surface area contributed by atoms with Gasteiger partial charge in [-0.25, -0.2) is 0 Å². The Hall–Kier alpha value is -8.20. The van der Waals surface area contributed by atoms with E-state index in [1.807, 2.05) is 0 Å². The normalized spacial score (nSPS) is 11.6. The third kappa shape index (κ3) is 6.18. The molecule has 0 amide bonds. The van der Waals surface area contributed by atoms with Gasteiger partial charge in [-0.15, -0.1) is 0 Å². The van der Waals surface area contributed by atoms with Gasteiger partial charge >= 0.3 is 0 Å². The number of aryl methyl sites for hydroxylation is 2. The lowest BCUT2D eigenvalue weighted by Gasteiger charge is -2.16. The molecule has 10 aromatic carbocycles. The third-order valence-corrected chi connectivity index (χ3v) is 13.3. The highest BCUT2D eigenvalue weighted by Crippen LogP contribution is 2.41. The minimum atomic E-state index is 1.14. The average molecular weight is 817 g/mol. The molecule has 0 atom stereocenters. The molecule has 0 fully saturated rings. The molecule has 0 aliphatic carbocycles. The van der Waals surface area contributed by atoms with Crippen LogP contribution in [0.4, 0.5) is 0 Å². The Morgan fingerprint density at radius 2 is 0.547 bits per heavy atom. The Morgan fingerprint density at radius 3 is 0.953 bits per heavy atom. The van der Waals surface area contributed by atoms with Crippen molar-refractivity contribution in [2.45, 2.75) is 13.8 Å². The van der Waals surface area contributed by atoms with Crippen LogP contribution in [0.1, 0.15) is 11.1 Å². The molecule has 12 aromatic rings. The molecule has 0 N–H and O–H groups in total. The van der Waals surface area contributed by atoms with Gasteiger partial charge < -0.3 is 9.13 Å². The number of rotatable bonds is 7. The van der Waals surface area contributed by atoms with Crippen LogP contribution in [0.2, 0.25) is 0 Å². The standard InChI is InChI=1S/C62H44N2/c1-41-15-3-5-17-49(41)45-31-37-61-57(39-45)55-23-11-13-25-59(55)63(61)47-33-27-43(28-34-47)51-19-7-9-21-53(51)54-22-10-8-20-52(54)44-29-35-48(36-30-44)64-60-26-14-12-24-56(60)58-40-46(32-38-62(58)64)50-18-6-4-16-42(50)2/h3-40H,1-2H3. The molecule has 0 spiro atoms. The van der Waals surface area contributed by atoms with Crippen molar-refractivity contribution in [1.82, 2.24) is 9.13 Å². The maximum absolute atomic E-state index is 2.41. The predicted octanol–water partition coefficient (Wildman–Crippen LogP) is 16.8. The summed E-state index contributed by atoms with van der Waals surface area (Å²) in [4.78, 5) is 0. The largest absolute Gasteiger partial charge is 0.309 e. The number of para-hydroxylation sites is 2. The summed E-state index contributed by atoms with van der Waals surface area (Å²) in [5.74, 6) is 0. The number of nitrogens with zero attached hydrogens (tertiary/aromatic N) is 2. The molecule has 302 valence electrons. The first-order valence-corrected chi connectivity index (χ1v) is 22.2. The second-order valence-electron chi connectivity index (χ2n) is 17.0. The van der Waals surface area contributed by atoms with Gasteiger partial charge in [-0.1, -0.05) is 170 Å². The van der Waals surface area contributed by atoms with Gasteiger partial charge in [0.2, 0.25) is 0 Å². The van der Waals surface area contributed by atoms with Gasteiger partial charge in [0.25, 0.3) is 0 Å². The van der Waals surface area contributed by atoms with E-state index in [1.165, 1.54) is 110 Å². The van der Waals surface area contributed by atoms with Crippen LogP contribution in [0, 0.1) is 13.8 Å². The fraction of sp³-hybridized carbons (Fsp3) is 0.0323. The van der Waals surface area contributed by atoms with E-state index in [1.54, 1.807) is 0 Å². The van der Waals surface area contributed by atoms with Crippen LogP contribution in [0.3, 0.4) is 0 Å². The van der Waals surface area contributed by atoms with Crippen molar-refractivity contribution in [3.8, 4) is 67.0 Å². The number of benzene rings is 10. The van der Waals surface area contributed by atoms with Gasteiger partial charge in [-0.2, -0.15) is 0 Å². The maximum Gasteiger partial charge on any atom is 0.0541 e. The summed E-state index contributed by atoms with van der Waals surface area (Å²) in [6, 6.07) is 84.5. The zero-order valence-electron chi connectivity index (χ0n) is 35.8. The lowest BCUT2D eigenvalue weighted by molar-refractivity contribution is 1.18. The lowest BCUT2D eigenvalue weighted by Crippen LogP contribution is -1.95. The highest BCUT2D eigenvalue weighted by molar-refractivity contribution is 6.12. The molecule has 0 bridgehead atoms. The molecule has 0 saturated heterocycles. The number of aromatic nitrogens is 2. The summed E-state index contributed by atoms with van der Waals surface area (Å²) >= 11 is 0. The maximum atomic E-state index is 2.41. The topological polar surface area (TPSA) is 9.86 Å². The molecular formula is C62H44N2. The quantitative estimate of drug-likeness (QED) is 0.152. The second kappa shape index (κ2) is 15.3. The van der Waals surface area contributed by atoms with Crippen LogP contribution in [0.15, 0.2) is 231 Å². The lowest BCUT2D eigenvalue weighted by atomic mass is 9.89. The zero-order valence-corrected chi connectivity index (χ0v) is 35.8. The van der Waals surface area contributed by atoms with E-state index in [0.717, 1.165) is 11.4 Å². The minimum absolute atomic E-state index is 1.14. The Kier molecular flexibility index (Phi) is 8.98. The molecule has 0 radical (unpaired) electrons. The monoisotopic (exact) mass is 816 g/mol. The zero-order chi connectivity index (χ0) is 42.7. The fourth-order valence-corrected chi connectivity index (χ4v) is 10.2. The summed E-state index contributed by atoms with van der Waals surface area (Å²) in [6.07, 6.45) is 0. The predicted molar refractivity (Wildman–Crippen MR) is 272 cm³/mol. The molecule has 2 aromatic heterocycles. The first-order valence-electron chi connectivity index (χ1n) is 22.2. The smallest absolute Gasteiger partial charge is 0.0541 e. The van der Waals surface area contributed by atoms with E-state index in [-0.39, 0.29) is 0 Å². The van der Waals surface area contributed by atoms with Crippen LogP contribution in [0.5, 0.6) is 0 Å². The molecule has 0 aliphatic heterocycles. The van der Waals surface area contributed by atoms with Crippen molar-refractivity contribution in [3.63, 3.8) is 0 Å². The molecule has 64 heavy (non-hydrogen) atoms. The van der Waals surface area contributed by atoms with Crippen LogP contribution in [-0.2, 0) is 0 Å². The van der Waals surface area contributed by atoms with Crippen molar-refractivity contribution in [2.24, 2.45) is 0 Å². The summed E-state index contributed by atoms with van der Waals surface area (Å²) in [7, 11) is 0.